The van der Waals surface area contributed by atoms with Gasteiger partial charge in [0.1, 0.15) is 0 Å². The van der Waals surface area contributed by atoms with Gasteiger partial charge >= 0.3 is 12.1 Å². The molecule has 1 atom stereocenters. The molecule has 0 aliphatic carbocycles. The fourth-order valence-electron chi connectivity index (χ4n) is 2.16. The smallest absolute Gasteiger partial charge is 0.416 e. The van der Waals surface area contributed by atoms with Gasteiger partial charge in [0.2, 0.25) is 0 Å². The third-order valence-corrected chi connectivity index (χ3v) is 3.63. The predicted octanol–water partition coefficient (Wildman–Crippen LogP) is 4.20. The quantitative estimate of drug-likeness (QED) is 0.334. The summed E-state index contributed by atoms with van der Waals surface area (Å²) in [6, 6.07) is 9.33. The Hall–Kier alpha value is -3.69. The number of nitrogens with zero attached hydrogens (tertiary/aromatic N) is 1. The lowest BCUT2D eigenvalue weighted by Gasteiger charge is -2.13. The monoisotopic (exact) mass is 408 g/mol. The molecule has 0 saturated carbocycles. The van der Waals surface area contributed by atoms with E-state index in [1.165, 1.54) is 37.3 Å². The lowest BCUT2D eigenvalue weighted by molar-refractivity contribution is -0.384. The van der Waals surface area contributed by atoms with Crippen molar-refractivity contribution in [1.82, 2.24) is 0 Å². The molecule has 0 spiro atoms. The normalized spacial score (nSPS) is 12.4. The van der Waals surface area contributed by atoms with Crippen molar-refractivity contribution in [2.45, 2.75) is 19.2 Å². The summed E-state index contributed by atoms with van der Waals surface area (Å²) in [5.74, 6) is -1.60. The Morgan fingerprint density at radius 3 is 2.41 bits per heavy atom. The molecular weight excluding hydrogens is 393 g/mol. The summed E-state index contributed by atoms with van der Waals surface area (Å²) in [6.07, 6.45) is -3.42. The summed E-state index contributed by atoms with van der Waals surface area (Å²) >= 11 is 0. The number of ether oxygens (including phenoxy) is 1. The number of halogens is 3. The number of carbonyl (C=O) groups excluding carboxylic acids is 2. The van der Waals surface area contributed by atoms with Crippen molar-refractivity contribution in [3.8, 4) is 0 Å². The molecular formula is C19H15F3N2O5. The second kappa shape index (κ2) is 9.00. The first-order valence-electron chi connectivity index (χ1n) is 8.17. The van der Waals surface area contributed by atoms with Gasteiger partial charge in [-0.25, -0.2) is 4.79 Å². The zero-order chi connectivity index (χ0) is 21.6. The van der Waals surface area contributed by atoms with Crippen LogP contribution in [0, 0.1) is 10.1 Å². The number of hydrogen-bond acceptors (Lipinski definition) is 5. The highest BCUT2D eigenvalue weighted by molar-refractivity contribution is 5.96. The topological polar surface area (TPSA) is 98.5 Å². The van der Waals surface area contributed by atoms with Crippen molar-refractivity contribution >= 4 is 29.3 Å². The SMILES string of the molecule is C[C@H](OC(=O)/C=C/c1cccc([N+](=O)[O-])c1)C(=O)Nc1ccc(C(F)(F)F)cc1. The summed E-state index contributed by atoms with van der Waals surface area (Å²) < 4.78 is 42.5. The van der Waals surface area contributed by atoms with Crippen LogP contribution in [0.1, 0.15) is 18.1 Å². The summed E-state index contributed by atoms with van der Waals surface area (Å²) in [5.41, 5.74) is -0.512. The second-order valence-electron chi connectivity index (χ2n) is 5.83. The second-order valence-corrected chi connectivity index (χ2v) is 5.83. The summed E-state index contributed by atoms with van der Waals surface area (Å²) in [4.78, 5) is 34.0. The van der Waals surface area contributed by atoms with Crippen LogP contribution < -0.4 is 5.32 Å². The highest BCUT2D eigenvalue weighted by Gasteiger charge is 2.30. The maximum absolute atomic E-state index is 12.5. The van der Waals surface area contributed by atoms with Crippen LogP contribution in [0.25, 0.3) is 6.08 Å². The fourth-order valence-corrected chi connectivity index (χ4v) is 2.16. The molecule has 0 fully saturated rings. The van der Waals surface area contributed by atoms with E-state index in [-0.39, 0.29) is 11.4 Å². The fraction of sp³-hybridized carbons (Fsp3) is 0.158. The Labute approximate surface area is 162 Å². The molecule has 0 radical (unpaired) electrons. The predicted molar refractivity (Wildman–Crippen MR) is 97.8 cm³/mol. The average Bonchev–Trinajstić information content (AvgIpc) is 2.66. The van der Waals surface area contributed by atoms with Gasteiger partial charge < -0.3 is 10.1 Å². The van der Waals surface area contributed by atoms with E-state index in [9.17, 15) is 32.9 Å². The van der Waals surface area contributed by atoms with Gasteiger partial charge in [0.25, 0.3) is 11.6 Å². The van der Waals surface area contributed by atoms with E-state index in [4.69, 9.17) is 4.74 Å². The Balaban J connectivity index is 1.92. The molecule has 1 amide bonds. The van der Waals surface area contributed by atoms with Crippen molar-refractivity contribution in [3.63, 3.8) is 0 Å². The minimum Gasteiger partial charge on any atom is -0.449 e. The number of benzene rings is 2. The molecule has 0 unspecified atom stereocenters. The lowest BCUT2D eigenvalue weighted by Crippen LogP contribution is -2.29. The van der Waals surface area contributed by atoms with Crippen molar-refractivity contribution in [2.24, 2.45) is 0 Å². The van der Waals surface area contributed by atoms with E-state index in [0.29, 0.717) is 5.56 Å². The number of nitro groups is 1. The maximum atomic E-state index is 12.5. The molecule has 1 N–H and O–H groups in total. The Morgan fingerprint density at radius 2 is 1.83 bits per heavy atom. The number of amides is 1. The molecule has 29 heavy (non-hydrogen) atoms. The highest BCUT2D eigenvalue weighted by atomic mass is 19.4. The van der Waals surface area contributed by atoms with E-state index in [1.54, 1.807) is 0 Å². The molecule has 7 nitrogen and oxygen atoms in total. The minimum atomic E-state index is -4.49. The minimum absolute atomic E-state index is 0.109. The lowest BCUT2D eigenvalue weighted by atomic mass is 10.2. The number of non-ortho nitro benzene ring substituents is 1. The first kappa shape index (κ1) is 21.6. The molecule has 0 aliphatic rings. The van der Waals surface area contributed by atoms with Gasteiger partial charge in [-0.2, -0.15) is 13.2 Å². The van der Waals surface area contributed by atoms with E-state index >= 15 is 0 Å². The molecule has 10 heteroatoms. The van der Waals surface area contributed by atoms with Gasteiger partial charge in [-0.3, -0.25) is 14.9 Å². The zero-order valence-electron chi connectivity index (χ0n) is 15.0. The van der Waals surface area contributed by atoms with Crippen LogP contribution in [-0.2, 0) is 20.5 Å². The van der Waals surface area contributed by atoms with Gasteiger partial charge in [-0.05, 0) is 42.8 Å². The highest BCUT2D eigenvalue weighted by Crippen LogP contribution is 2.29. The standard InChI is InChI=1S/C19H15F3N2O5/c1-12(18(26)23-15-8-6-14(7-9-15)19(20,21)22)29-17(25)10-5-13-3-2-4-16(11-13)24(27)28/h2-12H,1H3,(H,23,26)/b10-5+/t12-/m0/s1. The Bertz CT molecular complexity index is 940. The molecule has 2 aromatic carbocycles. The number of anilines is 1. The van der Waals surface area contributed by atoms with E-state index in [1.807, 2.05) is 0 Å². The Morgan fingerprint density at radius 1 is 1.17 bits per heavy atom. The molecule has 152 valence electrons. The van der Waals surface area contributed by atoms with Gasteiger partial charge in [-0.1, -0.05) is 12.1 Å². The number of esters is 1. The van der Waals surface area contributed by atoms with Crippen LogP contribution in [-0.4, -0.2) is 22.9 Å². The van der Waals surface area contributed by atoms with Crippen molar-refractivity contribution < 1.29 is 32.4 Å². The third-order valence-electron chi connectivity index (χ3n) is 3.63. The van der Waals surface area contributed by atoms with Crippen LogP contribution in [0.5, 0.6) is 0 Å². The van der Waals surface area contributed by atoms with Gasteiger partial charge in [0.15, 0.2) is 6.10 Å². The molecule has 0 bridgehead atoms. The molecule has 2 rings (SSSR count). The molecule has 0 aromatic heterocycles. The van der Waals surface area contributed by atoms with Crippen molar-refractivity contribution in [3.05, 3.63) is 75.8 Å². The third kappa shape index (κ3) is 6.45. The number of carbonyl (C=O) groups is 2. The number of alkyl halides is 3. The first-order chi connectivity index (χ1) is 13.6. The van der Waals surface area contributed by atoms with Crippen LogP contribution in [0.15, 0.2) is 54.6 Å². The Kier molecular flexibility index (Phi) is 6.71. The molecule has 2 aromatic rings. The summed E-state index contributed by atoms with van der Waals surface area (Å²) in [7, 11) is 0. The van der Waals surface area contributed by atoms with Gasteiger partial charge in [0, 0.05) is 23.9 Å². The van der Waals surface area contributed by atoms with Crippen LogP contribution in [0.2, 0.25) is 0 Å². The molecule has 0 heterocycles. The number of nitro benzene ring substituents is 1. The van der Waals surface area contributed by atoms with E-state index < -0.39 is 34.6 Å². The summed E-state index contributed by atoms with van der Waals surface area (Å²) in [6.45, 7) is 1.29. The first-order valence-corrected chi connectivity index (χ1v) is 8.17. The van der Waals surface area contributed by atoms with Gasteiger partial charge in [-0.15, -0.1) is 0 Å². The molecule has 0 saturated heterocycles. The molecule has 0 aliphatic heterocycles. The number of nitrogens with one attached hydrogen (secondary N) is 1. The zero-order valence-corrected chi connectivity index (χ0v) is 15.0. The number of rotatable bonds is 6. The average molecular weight is 408 g/mol. The van der Waals surface area contributed by atoms with Crippen molar-refractivity contribution in [2.75, 3.05) is 5.32 Å². The van der Waals surface area contributed by atoms with E-state index in [2.05, 4.69) is 5.32 Å². The number of hydrogen-bond donors (Lipinski definition) is 1. The van der Waals surface area contributed by atoms with Crippen LogP contribution >= 0.6 is 0 Å². The van der Waals surface area contributed by atoms with Crippen molar-refractivity contribution in [1.29, 1.82) is 0 Å². The van der Waals surface area contributed by atoms with Crippen LogP contribution in [0.3, 0.4) is 0 Å². The summed E-state index contributed by atoms with van der Waals surface area (Å²) in [5, 5.41) is 13.1. The van der Waals surface area contributed by atoms with E-state index in [0.717, 1.165) is 30.3 Å². The largest absolute Gasteiger partial charge is 0.449 e. The maximum Gasteiger partial charge on any atom is 0.416 e. The van der Waals surface area contributed by atoms with Gasteiger partial charge in [0.05, 0.1) is 10.5 Å². The van der Waals surface area contributed by atoms with Crippen LogP contribution in [0.4, 0.5) is 24.5 Å².